The SMILES string of the molecule is N#CC1C/C(=C/c2ccccc2)c2ccccc2S1. The van der Waals surface area contributed by atoms with Crippen LogP contribution in [-0.2, 0) is 0 Å². The summed E-state index contributed by atoms with van der Waals surface area (Å²) in [4.78, 5) is 1.21. The molecule has 3 rings (SSSR count). The monoisotopic (exact) mass is 263 g/mol. The van der Waals surface area contributed by atoms with Gasteiger partial charge in [0.25, 0.3) is 0 Å². The van der Waals surface area contributed by atoms with E-state index in [1.165, 1.54) is 21.6 Å². The van der Waals surface area contributed by atoms with Gasteiger partial charge in [-0.1, -0.05) is 54.6 Å². The molecule has 19 heavy (non-hydrogen) atoms. The van der Waals surface area contributed by atoms with Gasteiger partial charge in [0.1, 0.15) is 5.25 Å². The Labute approximate surface area is 117 Å². The van der Waals surface area contributed by atoms with Gasteiger partial charge in [0.05, 0.1) is 6.07 Å². The maximum Gasteiger partial charge on any atom is 0.100 e. The smallest absolute Gasteiger partial charge is 0.100 e. The van der Waals surface area contributed by atoms with Crippen LogP contribution < -0.4 is 0 Å². The van der Waals surface area contributed by atoms with Gasteiger partial charge in [-0.25, -0.2) is 0 Å². The van der Waals surface area contributed by atoms with Crippen LogP contribution in [0.1, 0.15) is 17.5 Å². The van der Waals surface area contributed by atoms with Crippen LogP contribution in [0.15, 0.2) is 59.5 Å². The largest absolute Gasteiger partial charge is 0.197 e. The highest BCUT2D eigenvalue weighted by atomic mass is 32.2. The van der Waals surface area contributed by atoms with Crippen molar-refractivity contribution in [2.75, 3.05) is 0 Å². The normalized spacial score (nSPS) is 19.7. The molecule has 1 nitrogen and oxygen atoms in total. The number of rotatable bonds is 1. The minimum atomic E-state index is 0.0184. The number of allylic oxidation sites excluding steroid dienone is 1. The fraction of sp³-hybridized carbons (Fsp3) is 0.118. The van der Waals surface area contributed by atoms with E-state index in [-0.39, 0.29) is 5.25 Å². The first kappa shape index (κ1) is 12.1. The predicted octanol–water partition coefficient (Wildman–Crippen LogP) is 4.62. The Morgan fingerprint density at radius 1 is 1.05 bits per heavy atom. The van der Waals surface area contributed by atoms with E-state index in [0.29, 0.717) is 0 Å². The van der Waals surface area contributed by atoms with Crippen LogP contribution in [0.4, 0.5) is 0 Å². The molecule has 1 aliphatic rings. The molecular weight excluding hydrogens is 250 g/mol. The number of benzene rings is 2. The van der Waals surface area contributed by atoms with Crippen molar-refractivity contribution >= 4 is 23.4 Å². The third-order valence-corrected chi connectivity index (χ3v) is 4.36. The van der Waals surface area contributed by atoms with E-state index in [1.807, 2.05) is 24.3 Å². The lowest BCUT2D eigenvalue weighted by atomic mass is 9.98. The summed E-state index contributed by atoms with van der Waals surface area (Å²) in [6.07, 6.45) is 3.01. The van der Waals surface area contributed by atoms with Gasteiger partial charge < -0.3 is 0 Å². The van der Waals surface area contributed by atoms with Crippen LogP contribution in [0.3, 0.4) is 0 Å². The molecule has 0 aliphatic carbocycles. The Hall–Kier alpha value is -1.98. The van der Waals surface area contributed by atoms with Crippen molar-refractivity contribution in [2.24, 2.45) is 0 Å². The lowest BCUT2D eigenvalue weighted by Gasteiger charge is -2.22. The summed E-state index contributed by atoms with van der Waals surface area (Å²) in [7, 11) is 0. The molecule has 2 aromatic rings. The zero-order valence-electron chi connectivity index (χ0n) is 10.4. The average Bonchev–Trinajstić information content (AvgIpc) is 2.48. The number of hydrogen-bond donors (Lipinski definition) is 0. The highest BCUT2D eigenvalue weighted by Gasteiger charge is 2.22. The average molecular weight is 263 g/mol. The fourth-order valence-electron chi connectivity index (χ4n) is 2.30. The molecule has 2 aromatic carbocycles. The summed E-state index contributed by atoms with van der Waals surface area (Å²) < 4.78 is 0. The lowest BCUT2D eigenvalue weighted by molar-refractivity contribution is 1.07. The number of hydrogen-bond acceptors (Lipinski definition) is 2. The molecule has 0 N–H and O–H groups in total. The van der Waals surface area contributed by atoms with Crippen LogP contribution in [0.25, 0.3) is 11.6 Å². The zero-order valence-corrected chi connectivity index (χ0v) is 11.2. The summed E-state index contributed by atoms with van der Waals surface area (Å²) >= 11 is 1.67. The molecule has 1 heterocycles. The molecule has 92 valence electrons. The van der Waals surface area contributed by atoms with Crippen LogP contribution in [0.2, 0.25) is 0 Å². The van der Waals surface area contributed by atoms with Crippen molar-refractivity contribution < 1.29 is 0 Å². The Kier molecular flexibility index (Phi) is 3.39. The van der Waals surface area contributed by atoms with Crippen LogP contribution in [0, 0.1) is 11.3 Å². The number of nitrogens with zero attached hydrogens (tertiary/aromatic N) is 1. The summed E-state index contributed by atoms with van der Waals surface area (Å²) in [6.45, 7) is 0. The third-order valence-electron chi connectivity index (χ3n) is 3.19. The van der Waals surface area contributed by atoms with Crippen LogP contribution >= 0.6 is 11.8 Å². The van der Waals surface area contributed by atoms with Gasteiger partial charge in [-0.3, -0.25) is 0 Å². The molecule has 0 fully saturated rings. The maximum absolute atomic E-state index is 9.20. The van der Waals surface area contributed by atoms with E-state index in [1.54, 1.807) is 11.8 Å². The molecule has 0 saturated heterocycles. The molecule has 2 heteroatoms. The van der Waals surface area contributed by atoms with Crippen molar-refractivity contribution in [3.8, 4) is 6.07 Å². The van der Waals surface area contributed by atoms with Gasteiger partial charge in [0.2, 0.25) is 0 Å². The molecule has 1 unspecified atom stereocenters. The first-order valence-electron chi connectivity index (χ1n) is 6.28. The van der Waals surface area contributed by atoms with Gasteiger partial charge in [0, 0.05) is 4.90 Å². The second kappa shape index (κ2) is 5.34. The Morgan fingerprint density at radius 2 is 1.79 bits per heavy atom. The summed E-state index contributed by atoms with van der Waals surface area (Å²) in [5, 5.41) is 9.22. The molecular formula is C17H13NS. The maximum atomic E-state index is 9.20. The topological polar surface area (TPSA) is 23.8 Å². The molecule has 0 aromatic heterocycles. The minimum absolute atomic E-state index is 0.0184. The summed E-state index contributed by atoms with van der Waals surface area (Å²) in [5.41, 5.74) is 3.71. The van der Waals surface area contributed by atoms with Gasteiger partial charge in [0.15, 0.2) is 0 Å². The van der Waals surface area contributed by atoms with Crippen molar-refractivity contribution in [1.29, 1.82) is 5.26 Å². The second-order valence-corrected chi connectivity index (χ2v) is 5.76. The molecule has 0 bridgehead atoms. The minimum Gasteiger partial charge on any atom is -0.197 e. The Bertz CT molecular complexity index is 652. The molecule has 0 spiro atoms. The molecule has 1 atom stereocenters. The van der Waals surface area contributed by atoms with Crippen molar-refractivity contribution in [2.45, 2.75) is 16.6 Å². The van der Waals surface area contributed by atoms with Gasteiger partial charge in [-0.2, -0.15) is 5.26 Å². The van der Waals surface area contributed by atoms with E-state index in [9.17, 15) is 5.26 Å². The standard InChI is InChI=1S/C17H13NS/c18-12-15-11-14(10-13-6-2-1-3-7-13)16-8-4-5-9-17(16)19-15/h1-10,15H,11H2/b14-10-. The van der Waals surface area contributed by atoms with Gasteiger partial charge >= 0.3 is 0 Å². The van der Waals surface area contributed by atoms with Crippen molar-refractivity contribution in [1.82, 2.24) is 0 Å². The van der Waals surface area contributed by atoms with Crippen molar-refractivity contribution in [3.63, 3.8) is 0 Å². The van der Waals surface area contributed by atoms with Gasteiger partial charge in [-0.05, 0) is 29.2 Å². The molecule has 0 amide bonds. The fourth-order valence-corrected chi connectivity index (χ4v) is 3.40. The van der Waals surface area contributed by atoms with E-state index in [2.05, 4.69) is 42.5 Å². The van der Waals surface area contributed by atoms with E-state index in [4.69, 9.17) is 0 Å². The quantitative estimate of drug-likeness (QED) is 0.750. The number of fused-ring (bicyclic) bond motifs is 1. The van der Waals surface area contributed by atoms with E-state index in [0.717, 1.165) is 6.42 Å². The Balaban J connectivity index is 2.06. The highest BCUT2D eigenvalue weighted by molar-refractivity contribution is 8.00. The molecule has 1 aliphatic heterocycles. The first-order valence-corrected chi connectivity index (χ1v) is 7.16. The lowest BCUT2D eigenvalue weighted by Crippen LogP contribution is -2.07. The van der Waals surface area contributed by atoms with E-state index >= 15 is 0 Å². The van der Waals surface area contributed by atoms with Crippen LogP contribution in [0.5, 0.6) is 0 Å². The second-order valence-electron chi connectivity index (χ2n) is 4.52. The zero-order chi connectivity index (χ0) is 13.1. The number of nitriles is 1. The van der Waals surface area contributed by atoms with Gasteiger partial charge in [-0.15, -0.1) is 11.8 Å². The van der Waals surface area contributed by atoms with Crippen molar-refractivity contribution in [3.05, 3.63) is 65.7 Å². The summed E-state index contributed by atoms with van der Waals surface area (Å²) in [5.74, 6) is 0. The predicted molar refractivity (Wildman–Crippen MR) is 80.6 cm³/mol. The number of thioether (sulfide) groups is 1. The highest BCUT2D eigenvalue weighted by Crippen LogP contribution is 2.41. The molecule has 0 radical (unpaired) electrons. The van der Waals surface area contributed by atoms with Crippen LogP contribution in [-0.4, -0.2) is 5.25 Å². The molecule has 0 saturated carbocycles. The third kappa shape index (κ3) is 2.57. The first-order chi connectivity index (χ1) is 9.36. The Morgan fingerprint density at radius 3 is 2.58 bits per heavy atom. The van der Waals surface area contributed by atoms with E-state index < -0.39 is 0 Å². The summed E-state index contributed by atoms with van der Waals surface area (Å²) in [6, 6.07) is 21.0.